The summed E-state index contributed by atoms with van der Waals surface area (Å²) in [4.78, 5) is 27.4. The van der Waals surface area contributed by atoms with Crippen LogP contribution in [0.15, 0.2) is 48.7 Å². The fraction of sp³-hybridized carbons (Fsp3) is 0.240. The summed E-state index contributed by atoms with van der Waals surface area (Å²) in [5.74, 6) is -2.58. The highest BCUT2D eigenvalue weighted by Crippen LogP contribution is 2.39. The fourth-order valence-corrected chi connectivity index (χ4v) is 3.99. The van der Waals surface area contributed by atoms with Crippen LogP contribution in [0.5, 0.6) is 23.1 Å². The van der Waals surface area contributed by atoms with E-state index >= 15 is 0 Å². The van der Waals surface area contributed by atoms with Crippen molar-refractivity contribution in [3.05, 3.63) is 75.4 Å². The minimum absolute atomic E-state index is 0.00718. The van der Waals surface area contributed by atoms with Gasteiger partial charge in [0.25, 0.3) is 0 Å². The average Bonchev–Trinajstić information content (AvgIpc) is 2.87. The van der Waals surface area contributed by atoms with Crippen LogP contribution in [0.25, 0.3) is 0 Å². The van der Waals surface area contributed by atoms with Crippen LogP contribution in [0.3, 0.4) is 0 Å². The van der Waals surface area contributed by atoms with E-state index in [0.29, 0.717) is 23.6 Å². The molecule has 0 saturated carbocycles. The standard InChI is InChI=1S/C25H21Cl2F3N2O6/c1-36-21-6-3-13(12-31-21)7-15-11-16(4-5-20(15)33)38-22-17(26)8-14(9-18(22)27)10-19(23(34)37-2)32-24(35)25(28,29)30/h3-6,8-9,11-12,19,33H,7,10H2,1-2H3,(H,32,35)/t19-/m0/s1. The van der Waals surface area contributed by atoms with Gasteiger partial charge in [0.05, 0.1) is 24.3 Å². The van der Waals surface area contributed by atoms with Crippen LogP contribution in [0, 0.1) is 0 Å². The number of carbonyl (C=O) groups is 2. The SMILES string of the molecule is COC(=O)[C@H](Cc1cc(Cl)c(Oc2ccc(O)c(Cc3ccc(OC)nc3)c2)c(Cl)c1)NC(=O)C(F)(F)F. The Kier molecular flexibility index (Phi) is 9.29. The van der Waals surface area contributed by atoms with Gasteiger partial charge in [-0.3, -0.25) is 4.79 Å². The van der Waals surface area contributed by atoms with Gasteiger partial charge in [0, 0.05) is 30.7 Å². The van der Waals surface area contributed by atoms with Gasteiger partial charge in [-0.1, -0.05) is 29.3 Å². The molecule has 2 aromatic carbocycles. The minimum atomic E-state index is -5.19. The summed E-state index contributed by atoms with van der Waals surface area (Å²) in [5.41, 5.74) is 1.57. The number of halogens is 5. The number of phenols is 1. The quantitative estimate of drug-likeness (QED) is 0.337. The van der Waals surface area contributed by atoms with Gasteiger partial charge < -0.3 is 24.6 Å². The molecule has 1 amide bonds. The molecule has 0 saturated heterocycles. The van der Waals surface area contributed by atoms with Crippen LogP contribution in [0.4, 0.5) is 13.2 Å². The van der Waals surface area contributed by atoms with E-state index in [1.165, 1.54) is 31.4 Å². The van der Waals surface area contributed by atoms with Gasteiger partial charge >= 0.3 is 18.1 Å². The average molecular weight is 573 g/mol. The number of methoxy groups -OCH3 is 2. The van der Waals surface area contributed by atoms with Crippen molar-refractivity contribution < 1.29 is 42.1 Å². The number of benzene rings is 2. The zero-order valence-corrected chi connectivity index (χ0v) is 21.4. The van der Waals surface area contributed by atoms with Crippen molar-refractivity contribution in [2.45, 2.75) is 25.1 Å². The highest BCUT2D eigenvalue weighted by molar-refractivity contribution is 6.37. The fourth-order valence-electron chi connectivity index (χ4n) is 3.38. The molecule has 0 aliphatic heterocycles. The molecule has 0 bridgehead atoms. The monoisotopic (exact) mass is 572 g/mol. The van der Waals surface area contributed by atoms with Crippen molar-refractivity contribution >= 4 is 35.1 Å². The largest absolute Gasteiger partial charge is 0.508 e. The first-order valence-corrected chi connectivity index (χ1v) is 11.6. The van der Waals surface area contributed by atoms with E-state index in [0.717, 1.165) is 12.7 Å². The molecule has 1 aromatic heterocycles. The molecule has 202 valence electrons. The van der Waals surface area contributed by atoms with Crippen LogP contribution in [0.1, 0.15) is 16.7 Å². The normalized spacial score (nSPS) is 12.0. The number of phenolic OH excluding ortho intramolecular Hbond substituents is 1. The molecule has 1 heterocycles. The van der Waals surface area contributed by atoms with E-state index in [1.807, 2.05) is 0 Å². The number of pyridine rings is 1. The Morgan fingerprint density at radius 2 is 1.74 bits per heavy atom. The molecule has 0 aliphatic rings. The van der Waals surface area contributed by atoms with E-state index in [-0.39, 0.29) is 33.5 Å². The third-order valence-corrected chi connectivity index (χ3v) is 5.78. The van der Waals surface area contributed by atoms with E-state index in [1.54, 1.807) is 29.7 Å². The number of rotatable bonds is 9. The number of alkyl halides is 3. The summed E-state index contributed by atoms with van der Waals surface area (Å²) >= 11 is 12.7. The second-order valence-electron chi connectivity index (χ2n) is 7.92. The van der Waals surface area contributed by atoms with Crippen LogP contribution >= 0.6 is 23.2 Å². The number of hydrogen-bond acceptors (Lipinski definition) is 7. The van der Waals surface area contributed by atoms with E-state index in [4.69, 9.17) is 32.7 Å². The number of nitrogens with one attached hydrogen (secondary N) is 1. The minimum Gasteiger partial charge on any atom is -0.508 e. The molecule has 3 rings (SSSR count). The van der Waals surface area contributed by atoms with E-state index in [2.05, 4.69) is 9.72 Å². The number of esters is 1. The third-order valence-electron chi connectivity index (χ3n) is 5.22. The molecule has 8 nitrogen and oxygen atoms in total. The maximum Gasteiger partial charge on any atom is 0.471 e. The van der Waals surface area contributed by atoms with Crippen molar-refractivity contribution in [3.63, 3.8) is 0 Å². The number of aromatic nitrogens is 1. The third kappa shape index (κ3) is 7.42. The lowest BCUT2D eigenvalue weighted by atomic mass is 10.0. The molecule has 13 heteroatoms. The van der Waals surface area contributed by atoms with Crippen molar-refractivity contribution in [1.29, 1.82) is 0 Å². The number of nitrogens with zero attached hydrogens (tertiary/aromatic N) is 1. The zero-order chi connectivity index (χ0) is 28.0. The molecule has 1 atom stereocenters. The summed E-state index contributed by atoms with van der Waals surface area (Å²) in [6.45, 7) is 0. The topological polar surface area (TPSA) is 107 Å². The highest BCUT2D eigenvalue weighted by Gasteiger charge is 2.41. The van der Waals surface area contributed by atoms with Gasteiger partial charge in [0.1, 0.15) is 17.5 Å². The number of ether oxygens (including phenoxy) is 3. The number of aromatic hydroxyl groups is 1. The molecule has 0 unspecified atom stereocenters. The molecular formula is C25H21Cl2F3N2O6. The molecule has 3 aromatic rings. The number of hydrogen-bond donors (Lipinski definition) is 2. The predicted octanol–water partition coefficient (Wildman–Crippen LogP) is 5.25. The van der Waals surface area contributed by atoms with E-state index < -0.39 is 24.1 Å². The second-order valence-corrected chi connectivity index (χ2v) is 8.73. The molecule has 0 spiro atoms. The Labute approximate surface area is 225 Å². The predicted molar refractivity (Wildman–Crippen MR) is 132 cm³/mol. The lowest BCUT2D eigenvalue weighted by molar-refractivity contribution is -0.175. The van der Waals surface area contributed by atoms with Crippen LogP contribution in [0.2, 0.25) is 10.0 Å². The Morgan fingerprint density at radius 3 is 2.29 bits per heavy atom. The smallest absolute Gasteiger partial charge is 0.471 e. The van der Waals surface area contributed by atoms with Crippen molar-refractivity contribution in [1.82, 2.24) is 10.3 Å². The van der Waals surface area contributed by atoms with Gasteiger partial charge in [-0.05, 0) is 41.5 Å². The van der Waals surface area contributed by atoms with Gasteiger partial charge in [-0.2, -0.15) is 13.2 Å². The maximum absolute atomic E-state index is 12.7. The van der Waals surface area contributed by atoms with Crippen molar-refractivity contribution in [3.8, 4) is 23.1 Å². The first-order chi connectivity index (χ1) is 17.9. The van der Waals surface area contributed by atoms with Gasteiger partial charge in [-0.15, -0.1) is 0 Å². The van der Waals surface area contributed by atoms with Crippen molar-refractivity contribution in [2.75, 3.05) is 14.2 Å². The first-order valence-electron chi connectivity index (χ1n) is 10.8. The van der Waals surface area contributed by atoms with Gasteiger partial charge in [-0.25, -0.2) is 9.78 Å². The highest BCUT2D eigenvalue weighted by atomic mass is 35.5. The molecule has 2 N–H and O–H groups in total. The van der Waals surface area contributed by atoms with Crippen LogP contribution in [-0.2, 0) is 27.2 Å². The molecule has 38 heavy (non-hydrogen) atoms. The zero-order valence-electron chi connectivity index (χ0n) is 19.9. The Morgan fingerprint density at radius 1 is 1.05 bits per heavy atom. The summed E-state index contributed by atoms with van der Waals surface area (Å²) in [6.07, 6.45) is -3.63. The molecular weight excluding hydrogens is 552 g/mol. The number of amides is 1. The van der Waals surface area contributed by atoms with Gasteiger partial charge in [0.2, 0.25) is 5.88 Å². The Balaban J connectivity index is 1.80. The summed E-state index contributed by atoms with van der Waals surface area (Å²) in [6, 6.07) is 9.02. The summed E-state index contributed by atoms with van der Waals surface area (Å²) in [7, 11) is 2.48. The van der Waals surface area contributed by atoms with Crippen LogP contribution < -0.4 is 14.8 Å². The summed E-state index contributed by atoms with van der Waals surface area (Å²) < 4.78 is 53.3. The second kappa shape index (κ2) is 12.2. The maximum atomic E-state index is 12.7. The molecule has 0 aliphatic carbocycles. The lowest BCUT2D eigenvalue weighted by Gasteiger charge is -2.18. The van der Waals surface area contributed by atoms with Crippen LogP contribution in [-0.4, -0.2) is 48.4 Å². The molecule has 0 radical (unpaired) electrons. The van der Waals surface area contributed by atoms with E-state index in [9.17, 15) is 27.9 Å². The Hall–Kier alpha value is -3.70. The first kappa shape index (κ1) is 28.9. The summed E-state index contributed by atoms with van der Waals surface area (Å²) in [5, 5.41) is 11.9. The lowest BCUT2D eigenvalue weighted by Crippen LogP contribution is -2.48. The van der Waals surface area contributed by atoms with Gasteiger partial charge in [0.15, 0.2) is 5.75 Å². The Bertz CT molecular complexity index is 1300. The molecule has 0 fully saturated rings. The van der Waals surface area contributed by atoms with Crippen molar-refractivity contribution in [2.24, 2.45) is 0 Å². The number of carbonyl (C=O) groups excluding carboxylic acids is 2.